The van der Waals surface area contributed by atoms with Crippen LogP contribution in [0.3, 0.4) is 0 Å². The summed E-state index contributed by atoms with van der Waals surface area (Å²) in [6.45, 7) is 2.41. The molecule has 72 valence electrons. The maximum atomic E-state index is 12.8. The van der Waals surface area contributed by atoms with E-state index in [9.17, 15) is 4.39 Å². The van der Waals surface area contributed by atoms with E-state index < -0.39 is 6.17 Å². The SMILES string of the molecule is FC1CCN(Cc2ccc(Br)s2)C1. The first-order chi connectivity index (χ1) is 6.24. The Morgan fingerprint density at radius 3 is 3.00 bits per heavy atom. The van der Waals surface area contributed by atoms with Gasteiger partial charge in [0.25, 0.3) is 0 Å². The molecule has 4 heteroatoms. The molecule has 0 aromatic carbocycles. The molecule has 1 nitrogen and oxygen atoms in total. The molecule has 2 rings (SSSR count). The van der Waals surface area contributed by atoms with E-state index in [2.05, 4.69) is 26.9 Å². The second-order valence-electron chi connectivity index (χ2n) is 3.33. The highest BCUT2D eigenvalue weighted by Crippen LogP contribution is 2.24. The number of alkyl halides is 1. The summed E-state index contributed by atoms with van der Waals surface area (Å²) < 4.78 is 14.0. The lowest BCUT2D eigenvalue weighted by molar-refractivity contribution is 0.284. The van der Waals surface area contributed by atoms with Crippen LogP contribution in [0.2, 0.25) is 0 Å². The molecule has 1 saturated heterocycles. The van der Waals surface area contributed by atoms with Crippen LogP contribution in [0.5, 0.6) is 0 Å². The number of halogens is 2. The van der Waals surface area contributed by atoms with Crippen molar-refractivity contribution >= 4 is 27.3 Å². The van der Waals surface area contributed by atoms with Gasteiger partial charge in [-0.2, -0.15) is 0 Å². The number of nitrogens with zero attached hydrogens (tertiary/aromatic N) is 1. The molecule has 1 aliphatic rings. The Balaban J connectivity index is 1.91. The van der Waals surface area contributed by atoms with Crippen LogP contribution in [-0.4, -0.2) is 24.2 Å². The van der Waals surface area contributed by atoms with Crippen molar-refractivity contribution in [3.63, 3.8) is 0 Å². The summed E-state index contributed by atoms with van der Waals surface area (Å²) in [6, 6.07) is 4.14. The molecule has 13 heavy (non-hydrogen) atoms. The first-order valence-electron chi connectivity index (χ1n) is 4.34. The number of likely N-dealkylation sites (tertiary alicyclic amines) is 1. The van der Waals surface area contributed by atoms with Gasteiger partial charge in [-0.3, -0.25) is 4.90 Å². The van der Waals surface area contributed by atoms with E-state index in [1.165, 1.54) is 4.88 Å². The minimum Gasteiger partial charge on any atom is -0.295 e. The molecule has 0 amide bonds. The van der Waals surface area contributed by atoms with E-state index in [-0.39, 0.29) is 0 Å². The molecular formula is C9H11BrFNS. The molecule has 2 heterocycles. The summed E-state index contributed by atoms with van der Waals surface area (Å²) in [7, 11) is 0. The summed E-state index contributed by atoms with van der Waals surface area (Å²) in [5.41, 5.74) is 0. The Hall–Kier alpha value is 0.0700. The molecular weight excluding hydrogens is 253 g/mol. The van der Waals surface area contributed by atoms with Crippen LogP contribution in [0, 0.1) is 0 Å². The van der Waals surface area contributed by atoms with Gasteiger partial charge in [0.1, 0.15) is 6.17 Å². The highest BCUT2D eigenvalue weighted by molar-refractivity contribution is 9.11. The van der Waals surface area contributed by atoms with Crippen molar-refractivity contribution in [3.8, 4) is 0 Å². The van der Waals surface area contributed by atoms with Crippen LogP contribution in [0.25, 0.3) is 0 Å². The zero-order valence-electron chi connectivity index (χ0n) is 7.17. The van der Waals surface area contributed by atoms with Gasteiger partial charge in [0.05, 0.1) is 3.79 Å². The third-order valence-corrected chi connectivity index (χ3v) is 3.83. The quantitative estimate of drug-likeness (QED) is 0.793. The smallest absolute Gasteiger partial charge is 0.114 e. The van der Waals surface area contributed by atoms with Crippen molar-refractivity contribution in [2.24, 2.45) is 0 Å². The van der Waals surface area contributed by atoms with Crippen LogP contribution in [0.4, 0.5) is 4.39 Å². The van der Waals surface area contributed by atoms with Gasteiger partial charge in [-0.25, -0.2) is 4.39 Å². The van der Waals surface area contributed by atoms with Gasteiger partial charge in [0.15, 0.2) is 0 Å². The van der Waals surface area contributed by atoms with Crippen LogP contribution in [-0.2, 0) is 6.54 Å². The molecule has 1 aromatic rings. The molecule has 0 N–H and O–H groups in total. The minimum atomic E-state index is -0.608. The summed E-state index contributed by atoms with van der Waals surface area (Å²) in [6.07, 6.45) is 0.0930. The zero-order chi connectivity index (χ0) is 9.26. The van der Waals surface area contributed by atoms with Gasteiger partial charge in [-0.1, -0.05) is 0 Å². The number of thiophene rings is 1. The standard InChI is InChI=1S/C9H11BrFNS/c10-9-2-1-8(13-9)6-12-4-3-7(11)5-12/h1-2,7H,3-6H2. The number of rotatable bonds is 2. The Morgan fingerprint density at radius 1 is 1.62 bits per heavy atom. The molecule has 0 saturated carbocycles. The third kappa shape index (κ3) is 2.51. The average Bonchev–Trinajstić information content (AvgIpc) is 2.62. The lowest BCUT2D eigenvalue weighted by atomic mass is 10.3. The fourth-order valence-corrected chi connectivity index (χ4v) is 3.11. The second-order valence-corrected chi connectivity index (χ2v) is 5.87. The third-order valence-electron chi connectivity index (χ3n) is 2.22. The second kappa shape index (κ2) is 4.07. The Kier molecular flexibility index (Phi) is 3.01. The molecule has 1 aromatic heterocycles. The van der Waals surface area contributed by atoms with E-state index in [1.54, 1.807) is 11.3 Å². The van der Waals surface area contributed by atoms with Crippen molar-refractivity contribution < 1.29 is 4.39 Å². The zero-order valence-corrected chi connectivity index (χ0v) is 9.57. The van der Waals surface area contributed by atoms with Crippen LogP contribution in [0.15, 0.2) is 15.9 Å². The van der Waals surface area contributed by atoms with E-state index in [0.29, 0.717) is 13.0 Å². The van der Waals surface area contributed by atoms with E-state index in [1.807, 2.05) is 6.07 Å². The van der Waals surface area contributed by atoms with Crippen molar-refractivity contribution in [1.82, 2.24) is 4.90 Å². The molecule has 1 atom stereocenters. The van der Waals surface area contributed by atoms with Gasteiger partial charge in [0.2, 0.25) is 0 Å². The lowest BCUT2D eigenvalue weighted by Gasteiger charge is -2.12. The van der Waals surface area contributed by atoms with Crippen molar-refractivity contribution in [2.75, 3.05) is 13.1 Å². The predicted octanol–water partition coefficient (Wildman–Crippen LogP) is 3.05. The maximum absolute atomic E-state index is 12.8. The van der Waals surface area contributed by atoms with Gasteiger partial charge < -0.3 is 0 Å². The Labute approximate surface area is 89.7 Å². The summed E-state index contributed by atoms with van der Waals surface area (Å²) >= 11 is 5.15. The van der Waals surface area contributed by atoms with Gasteiger partial charge in [-0.05, 0) is 34.5 Å². The highest BCUT2D eigenvalue weighted by atomic mass is 79.9. The van der Waals surface area contributed by atoms with E-state index in [4.69, 9.17) is 0 Å². The lowest BCUT2D eigenvalue weighted by Crippen LogP contribution is -2.19. The van der Waals surface area contributed by atoms with Gasteiger partial charge in [0, 0.05) is 24.5 Å². The predicted molar refractivity (Wildman–Crippen MR) is 56.8 cm³/mol. The fraction of sp³-hybridized carbons (Fsp3) is 0.556. The van der Waals surface area contributed by atoms with Crippen molar-refractivity contribution in [2.45, 2.75) is 19.1 Å². The fourth-order valence-electron chi connectivity index (χ4n) is 1.59. The van der Waals surface area contributed by atoms with Gasteiger partial charge in [-0.15, -0.1) is 11.3 Å². The first-order valence-corrected chi connectivity index (χ1v) is 5.95. The number of hydrogen-bond acceptors (Lipinski definition) is 2. The maximum Gasteiger partial charge on any atom is 0.114 e. The monoisotopic (exact) mass is 263 g/mol. The minimum absolute atomic E-state index is 0.607. The molecule has 0 spiro atoms. The largest absolute Gasteiger partial charge is 0.295 e. The van der Waals surface area contributed by atoms with Crippen LogP contribution >= 0.6 is 27.3 Å². The van der Waals surface area contributed by atoms with E-state index >= 15 is 0 Å². The Bertz CT molecular complexity index is 289. The van der Waals surface area contributed by atoms with Crippen molar-refractivity contribution in [1.29, 1.82) is 0 Å². The molecule has 0 bridgehead atoms. The highest BCUT2D eigenvalue weighted by Gasteiger charge is 2.21. The molecule has 1 aliphatic heterocycles. The average molecular weight is 264 g/mol. The van der Waals surface area contributed by atoms with Gasteiger partial charge >= 0.3 is 0 Å². The first kappa shape index (κ1) is 9.62. The molecule has 1 fully saturated rings. The topological polar surface area (TPSA) is 3.24 Å². The van der Waals surface area contributed by atoms with Crippen molar-refractivity contribution in [3.05, 3.63) is 20.8 Å². The molecule has 1 unspecified atom stereocenters. The normalized spacial score (nSPS) is 24.0. The van der Waals surface area contributed by atoms with E-state index in [0.717, 1.165) is 16.9 Å². The summed E-state index contributed by atoms with van der Waals surface area (Å²) in [4.78, 5) is 3.48. The summed E-state index contributed by atoms with van der Waals surface area (Å²) in [5.74, 6) is 0. The molecule has 0 aliphatic carbocycles. The Morgan fingerprint density at radius 2 is 2.46 bits per heavy atom. The number of hydrogen-bond donors (Lipinski definition) is 0. The summed E-state index contributed by atoms with van der Waals surface area (Å²) in [5, 5.41) is 0. The van der Waals surface area contributed by atoms with Crippen LogP contribution in [0.1, 0.15) is 11.3 Å². The van der Waals surface area contributed by atoms with Crippen LogP contribution < -0.4 is 0 Å². The molecule has 0 radical (unpaired) electrons.